The number of hydrogen-bond donors (Lipinski definition) is 3. The number of aliphatic hydroxyl groups is 1. The van der Waals surface area contributed by atoms with E-state index in [0.717, 1.165) is 0 Å². The van der Waals surface area contributed by atoms with Crippen LogP contribution in [0.25, 0.3) is 0 Å². The Morgan fingerprint density at radius 3 is 2.10 bits per heavy atom. The predicted octanol–water partition coefficient (Wildman–Crippen LogP) is 1.05. The molecule has 0 spiro atoms. The van der Waals surface area contributed by atoms with E-state index in [2.05, 4.69) is 5.32 Å². The first-order valence-corrected chi connectivity index (χ1v) is 9.05. The summed E-state index contributed by atoms with van der Waals surface area (Å²) in [6, 6.07) is 0.651. The third-order valence-electron chi connectivity index (χ3n) is 3.35. The predicted molar refractivity (Wildman–Crippen MR) is 80.8 cm³/mol. The first-order chi connectivity index (χ1) is 9.80. The van der Waals surface area contributed by atoms with Gasteiger partial charge in [0.2, 0.25) is 0 Å². The Hall–Kier alpha value is -0.513. The smallest absolute Gasteiger partial charge is 0.481 e. The van der Waals surface area contributed by atoms with Gasteiger partial charge in [0, 0.05) is 33.4 Å². The Morgan fingerprint density at radius 1 is 1.19 bits per heavy atom. The van der Waals surface area contributed by atoms with Crippen LogP contribution in [-0.4, -0.2) is 58.6 Å². The van der Waals surface area contributed by atoms with Crippen LogP contribution in [0.2, 0.25) is 6.04 Å². The SMILES string of the molecule is CO[Si](CCCC(CC(O)NC(C)C)C(=O)O)(OC)OC. The van der Waals surface area contributed by atoms with Gasteiger partial charge in [0.25, 0.3) is 0 Å². The lowest BCUT2D eigenvalue weighted by Crippen LogP contribution is -2.42. The largest absolute Gasteiger partial charge is 0.500 e. The van der Waals surface area contributed by atoms with Crippen LogP contribution in [0.3, 0.4) is 0 Å². The maximum absolute atomic E-state index is 11.3. The lowest BCUT2D eigenvalue weighted by atomic mass is 9.99. The lowest BCUT2D eigenvalue weighted by Gasteiger charge is -2.25. The Morgan fingerprint density at radius 2 is 1.71 bits per heavy atom. The molecule has 7 nitrogen and oxygen atoms in total. The maximum Gasteiger partial charge on any atom is 0.500 e. The van der Waals surface area contributed by atoms with Gasteiger partial charge in [-0.2, -0.15) is 0 Å². The summed E-state index contributed by atoms with van der Waals surface area (Å²) in [6.07, 6.45) is 0.402. The van der Waals surface area contributed by atoms with E-state index >= 15 is 0 Å². The molecule has 0 saturated carbocycles. The van der Waals surface area contributed by atoms with Gasteiger partial charge >= 0.3 is 14.8 Å². The minimum Gasteiger partial charge on any atom is -0.481 e. The zero-order valence-electron chi connectivity index (χ0n) is 13.6. The molecule has 3 N–H and O–H groups in total. The lowest BCUT2D eigenvalue weighted by molar-refractivity contribution is -0.143. The van der Waals surface area contributed by atoms with Crippen molar-refractivity contribution >= 4 is 14.8 Å². The van der Waals surface area contributed by atoms with Gasteiger partial charge in [-0.1, -0.05) is 0 Å². The zero-order valence-corrected chi connectivity index (χ0v) is 14.6. The molecule has 0 bridgehead atoms. The number of carbonyl (C=O) groups is 1. The normalized spacial score (nSPS) is 15.2. The number of hydrogen-bond acceptors (Lipinski definition) is 6. The van der Waals surface area contributed by atoms with Crippen LogP contribution in [0.1, 0.15) is 33.1 Å². The summed E-state index contributed by atoms with van der Waals surface area (Å²) in [7, 11) is 1.94. The van der Waals surface area contributed by atoms with Crippen molar-refractivity contribution in [2.24, 2.45) is 5.92 Å². The van der Waals surface area contributed by atoms with Gasteiger partial charge in [-0.25, -0.2) is 0 Å². The third kappa shape index (κ3) is 7.89. The van der Waals surface area contributed by atoms with Crippen molar-refractivity contribution in [1.82, 2.24) is 5.32 Å². The minimum atomic E-state index is -2.66. The quantitative estimate of drug-likeness (QED) is 0.365. The van der Waals surface area contributed by atoms with E-state index < -0.39 is 26.9 Å². The fourth-order valence-electron chi connectivity index (χ4n) is 2.19. The van der Waals surface area contributed by atoms with E-state index in [1.165, 1.54) is 21.3 Å². The second-order valence-corrected chi connectivity index (χ2v) is 8.39. The number of nitrogens with one attached hydrogen (secondary N) is 1. The molecule has 0 saturated heterocycles. The molecule has 0 aromatic heterocycles. The van der Waals surface area contributed by atoms with Crippen LogP contribution >= 0.6 is 0 Å². The van der Waals surface area contributed by atoms with Crippen LogP contribution in [0.4, 0.5) is 0 Å². The highest BCUT2D eigenvalue weighted by atomic mass is 28.4. The van der Waals surface area contributed by atoms with Crippen molar-refractivity contribution in [3.8, 4) is 0 Å². The molecule has 0 aliphatic carbocycles. The molecule has 0 aromatic rings. The van der Waals surface area contributed by atoms with Crippen molar-refractivity contribution < 1.29 is 28.3 Å². The first-order valence-electron chi connectivity index (χ1n) is 7.12. The fourth-order valence-corrected chi connectivity index (χ4v) is 3.94. The molecule has 0 radical (unpaired) electrons. The second kappa shape index (κ2) is 10.3. The van der Waals surface area contributed by atoms with E-state index in [-0.39, 0.29) is 12.5 Å². The monoisotopic (exact) mass is 323 g/mol. The molecule has 2 unspecified atom stereocenters. The van der Waals surface area contributed by atoms with Crippen molar-refractivity contribution in [1.29, 1.82) is 0 Å². The van der Waals surface area contributed by atoms with Crippen LogP contribution in [0.15, 0.2) is 0 Å². The first kappa shape index (κ1) is 20.5. The average molecular weight is 323 g/mol. The Labute approximate surface area is 128 Å². The summed E-state index contributed by atoms with van der Waals surface area (Å²) < 4.78 is 15.9. The molecule has 0 aromatic carbocycles. The Kier molecular flexibility index (Phi) is 10.0. The second-order valence-electron chi connectivity index (χ2n) is 5.30. The molecule has 21 heavy (non-hydrogen) atoms. The van der Waals surface area contributed by atoms with E-state index in [0.29, 0.717) is 18.9 Å². The van der Waals surface area contributed by atoms with Crippen LogP contribution in [0, 0.1) is 5.92 Å². The highest BCUT2D eigenvalue weighted by molar-refractivity contribution is 6.60. The number of carboxylic acid groups (broad SMARTS) is 1. The number of aliphatic carboxylic acids is 1. The molecular formula is C13H29NO6Si. The molecule has 0 aliphatic heterocycles. The van der Waals surface area contributed by atoms with E-state index in [1.807, 2.05) is 13.8 Å². The molecular weight excluding hydrogens is 294 g/mol. The maximum atomic E-state index is 11.3. The van der Waals surface area contributed by atoms with Gasteiger partial charge in [-0.05, 0) is 33.1 Å². The molecule has 0 heterocycles. The standard InChI is InChI=1S/C13H29NO6Si/c1-10(2)14-12(15)9-11(13(16)17)7-6-8-21(18-3,19-4)20-5/h10-12,14-15H,6-9H2,1-5H3,(H,16,17). The summed E-state index contributed by atoms with van der Waals surface area (Å²) >= 11 is 0. The van der Waals surface area contributed by atoms with E-state index in [1.54, 1.807) is 0 Å². The van der Waals surface area contributed by atoms with Crippen molar-refractivity contribution in [2.45, 2.75) is 51.4 Å². The van der Waals surface area contributed by atoms with Gasteiger partial charge in [0.05, 0.1) is 5.92 Å². The summed E-state index contributed by atoms with van der Waals surface area (Å²) in [5, 5.41) is 21.9. The summed E-state index contributed by atoms with van der Waals surface area (Å²) in [5.74, 6) is -1.51. The van der Waals surface area contributed by atoms with E-state index in [9.17, 15) is 15.0 Å². The number of carboxylic acids is 1. The van der Waals surface area contributed by atoms with Crippen LogP contribution in [0.5, 0.6) is 0 Å². The third-order valence-corrected chi connectivity index (χ3v) is 6.18. The van der Waals surface area contributed by atoms with Gasteiger partial charge in [-0.3, -0.25) is 10.1 Å². The van der Waals surface area contributed by atoms with Crippen molar-refractivity contribution in [3.63, 3.8) is 0 Å². The van der Waals surface area contributed by atoms with Gasteiger partial charge in [-0.15, -0.1) is 0 Å². The van der Waals surface area contributed by atoms with Crippen molar-refractivity contribution in [2.75, 3.05) is 21.3 Å². The van der Waals surface area contributed by atoms with Crippen LogP contribution < -0.4 is 5.32 Å². The number of aliphatic hydroxyl groups excluding tert-OH is 1. The van der Waals surface area contributed by atoms with Gasteiger partial charge < -0.3 is 23.5 Å². The zero-order chi connectivity index (χ0) is 16.5. The van der Waals surface area contributed by atoms with Gasteiger partial charge in [0.1, 0.15) is 6.23 Å². The molecule has 126 valence electrons. The van der Waals surface area contributed by atoms with E-state index in [4.69, 9.17) is 13.3 Å². The Bertz CT molecular complexity index is 290. The van der Waals surface area contributed by atoms with Gasteiger partial charge in [0.15, 0.2) is 0 Å². The highest BCUT2D eigenvalue weighted by Crippen LogP contribution is 2.21. The Balaban J connectivity index is 4.37. The average Bonchev–Trinajstić information content (AvgIpc) is 2.42. The molecule has 0 fully saturated rings. The van der Waals surface area contributed by atoms with Crippen LogP contribution in [-0.2, 0) is 18.1 Å². The molecule has 0 rings (SSSR count). The summed E-state index contributed by atoms with van der Waals surface area (Å²) in [6.45, 7) is 3.80. The molecule has 2 atom stereocenters. The summed E-state index contributed by atoms with van der Waals surface area (Å²) in [5.41, 5.74) is 0. The van der Waals surface area contributed by atoms with Crippen molar-refractivity contribution in [3.05, 3.63) is 0 Å². The molecule has 0 aliphatic rings. The highest BCUT2D eigenvalue weighted by Gasteiger charge is 2.37. The minimum absolute atomic E-state index is 0.102. The summed E-state index contributed by atoms with van der Waals surface area (Å²) in [4.78, 5) is 11.3. The number of rotatable bonds is 12. The molecule has 0 amide bonds. The topological polar surface area (TPSA) is 97.3 Å². The fraction of sp³-hybridized carbons (Fsp3) is 0.923. The molecule has 8 heteroatoms.